The van der Waals surface area contributed by atoms with Gasteiger partial charge in [-0.1, -0.05) is 54.6 Å². The lowest BCUT2D eigenvalue weighted by Gasteiger charge is -2.17. The average Bonchev–Trinajstić information content (AvgIpc) is 3.12. The number of pyridine rings is 1. The van der Waals surface area contributed by atoms with Gasteiger partial charge >= 0.3 is 0 Å². The molecule has 1 aromatic heterocycles. The van der Waals surface area contributed by atoms with Crippen LogP contribution in [0.4, 0.5) is 0 Å². The molecular weight excluding hydrogens is 318 g/mol. The second-order valence-electron chi connectivity index (χ2n) is 7.15. The van der Waals surface area contributed by atoms with Crippen LogP contribution in [0.2, 0.25) is 0 Å². The highest BCUT2D eigenvalue weighted by Gasteiger charge is 2.32. The number of benzene rings is 2. The van der Waals surface area contributed by atoms with Gasteiger partial charge in [0.05, 0.1) is 0 Å². The van der Waals surface area contributed by atoms with Crippen LogP contribution in [0.3, 0.4) is 0 Å². The summed E-state index contributed by atoms with van der Waals surface area (Å²) in [6, 6.07) is 23.7. The normalized spacial score (nSPS) is 20.3. The topological polar surface area (TPSA) is 42.1 Å². The fourth-order valence-corrected chi connectivity index (χ4v) is 4.05. The van der Waals surface area contributed by atoms with Crippen molar-refractivity contribution in [1.82, 2.24) is 9.88 Å². The van der Waals surface area contributed by atoms with Gasteiger partial charge in [0.25, 0.3) is 0 Å². The summed E-state index contributed by atoms with van der Waals surface area (Å²) in [6.45, 7) is 3.84. The van der Waals surface area contributed by atoms with E-state index in [2.05, 4.69) is 70.5 Å². The van der Waals surface area contributed by atoms with E-state index in [1.807, 2.05) is 18.5 Å². The van der Waals surface area contributed by atoms with Crippen LogP contribution in [0.15, 0.2) is 79.1 Å². The van der Waals surface area contributed by atoms with E-state index >= 15 is 0 Å². The van der Waals surface area contributed by atoms with Crippen molar-refractivity contribution >= 4 is 0 Å². The zero-order chi connectivity index (χ0) is 17.8. The standard InChI is InChI=1S/C23H25N3/c24-13-22-16-26(17-23(22)19-7-2-1-3-8-19)15-18-6-4-9-20(12-18)21-10-5-11-25-14-21/h1-12,14,22-23H,13,15-17,24H2/t22-,23+/m1/s1. The summed E-state index contributed by atoms with van der Waals surface area (Å²) in [5.74, 6) is 1.06. The number of nitrogens with two attached hydrogens (primary N) is 1. The minimum atomic E-state index is 0.527. The third-order valence-corrected chi connectivity index (χ3v) is 5.38. The third kappa shape index (κ3) is 3.69. The molecule has 2 aromatic carbocycles. The molecule has 0 amide bonds. The van der Waals surface area contributed by atoms with Crippen molar-refractivity contribution < 1.29 is 0 Å². The van der Waals surface area contributed by atoms with Gasteiger partial charge in [-0.15, -0.1) is 0 Å². The van der Waals surface area contributed by atoms with Gasteiger partial charge in [-0.2, -0.15) is 0 Å². The van der Waals surface area contributed by atoms with Crippen LogP contribution in [-0.2, 0) is 6.54 Å². The quantitative estimate of drug-likeness (QED) is 0.763. The molecule has 1 fully saturated rings. The Hall–Kier alpha value is -2.49. The van der Waals surface area contributed by atoms with Gasteiger partial charge in [0.15, 0.2) is 0 Å². The number of rotatable bonds is 5. The number of hydrogen-bond donors (Lipinski definition) is 1. The molecule has 4 rings (SSSR count). The summed E-state index contributed by atoms with van der Waals surface area (Å²) < 4.78 is 0. The molecule has 3 nitrogen and oxygen atoms in total. The fraction of sp³-hybridized carbons (Fsp3) is 0.261. The maximum atomic E-state index is 6.08. The van der Waals surface area contributed by atoms with Crippen LogP contribution >= 0.6 is 0 Å². The lowest BCUT2D eigenvalue weighted by Crippen LogP contribution is -2.23. The predicted molar refractivity (Wildman–Crippen MR) is 107 cm³/mol. The van der Waals surface area contributed by atoms with Gasteiger partial charge in [0, 0.05) is 37.9 Å². The van der Waals surface area contributed by atoms with E-state index in [-0.39, 0.29) is 0 Å². The van der Waals surface area contributed by atoms with Crippen LogP contribution in [0.5, 0.6) is 0 Å². The van der Waals surface area contributed by atoms with Crippen LogP contribution in [-0.4, -0.2) is 29.5 Å². The molecule has 2 atom stereocenters. The molecule has 2 heterocycles. The molecule has 0 unspecified atom stereocenters. The average molecular weight is 343 g/mol. The van der Waals surface area contributed by atoms with Gasteiger partial charge in [-0.05, 0) is 46.8 Å². The second-order valence-corrected chi connectivity index (χ2v) is 7.15. The number of nitrogens with zero attached hydrogens (tertiary/aromatic N) is 2. The monoisotopic (exact) mass is 343 g/mol. The van der Waals surface area contributed by atoms with Crippen molar-refractivity contribution in [2.75, 3.05) is 19.6 Å². The molecule has 0 spiro atoms. The summed E-state index contributed by atoms with van der Waals surface area (Å²) in [4.78, 5) is 6.77. The Morgan fingerprint density at radius 3 is 2.54 bits per heavy atom. The van der Waals surface area contributed by atoms with E-state index in [0.29, 0.717) is 11.8 Å². The summed E-state index contributed by atoms with van der Waals surface area (Å²) in [5, 5.41) is 0. The maximum absolute atomic E-state index is 6.08. The van der Waals surface area contributed by atoms with E-state index in [1.165, 1.54) is 16.7 Å². The van der Waals surface area contributed by atoms with Gasteiger partial charge in [-0.25, -0.2) is 0 Å². The van der Waals surface area contributed by atoms with Crippen LogP contribution < -0.4 is 5.73 Å². The zero-order valence-corrected chi connectivity index (χ0v) is 15.0. The number of aromatic nitrogens is 1. The SMILES string of the molecule is NC[C@@H]1CN(Cc2cccc(-c3cccnc3)c2)C[C@H]1c1ccccc1. The molecule has 26 heavy (non-hydrogen) atoms. The van der Waals surface area contributed by atoms with Gasteiger partial charge < -0.3 is 5.73 Å². The zero-order valence-electron chi connectivity index (χ0n) is 15.0. The molecule has 132 valence electrons. The van der Waals surface area contributed by atoms with Gasteiger partial charge in [-0.3, -0.25) is 9.88 Å². The molecule has 1 aliphatic heterocycles. The smallest absolute Gasteiger partial charge is 0.0346 e. The van der Waals surface area contributed by atoms with Crippen molar-refractivity contribution in [3.05, 3.63) is 90.3 Å². The van der Waals surface area contributed by atoms with Crippen molar-refractivity contribution in [2.24, 2.45) is 11.7 Å². The Morgan fingerprint density at radius 2 is 1.77 bits per heavy atom. The molecule has 0 bridgehead atoms. The Labute approximate surface area is 155 Å². The van der Waals surface area contributed by atoms with Crippen molar-refractivity contribution in [1.29, 1.82) is 0 Å². The highest BCUT2D eigenvalue weighted by molar-refractivity contribution is 5.62. The molecule has 0 aliphatic carbocycles. The number of likely N-dealkylation sites (tertiary alicyclic amines) is 1. The number of hydrogen-bond acceptors (Lipinski definition) is 3. The summed E-state index contributed by atoms with van der Waals surface area (Å²) >= 11 is 0. The van der Waals surface area contributed by atoms with Crippen LogP contribution in [0.25, 0.3) is 11.1 Å². The van der Waals surface area contributed by atoms with E-state index in [1.54, 1.807) is 0 Å². The molecule has 2 N–H and O–H groups in total. The van der Waals surface area contributed by atoms with Crippen molar-refractivity contribution in [3.63, 3.8) is 0 Å². The maximum Gasteiger partial charge on any atom is 0.0346 e. The Morgan fingerprint density at radius 1 is 0.923 bits per heavy atom. The molecule has 3 heteroatoms. The lowest BCUT2D eigenvalue weighted by molar-refractivity contribution is 0.317. The molecule has 0 saturated carbocycles. The molecule has 3 aromatic rings. The summed E-state index contributed by atoms with van der Waals surface area (Å²) in [5.41, 5.74) is 11.2. The van der Waals surface area contributed by atoms with Crippen LogP contribution in [0.1, 0.15) is 17.0 Å². The Kier molecular flexibility index (Phi) is 5.09. The molecule has 1 aliphatic rings. The van der Waals surface area contributed by atoms with E-state index in [4.69, 9.17) is 5.73 Å². The minimum absolute atomic E-state index is 0.527. The molecular formula is C23H25N3. The first-order valence-electron chi connectivity index (χ1n) is 9.30. The van der Waals surface area contributed by atoms with E-state index in [9.17, 15) is 0 Å². The molecule has 1 saturated heterocycles. The van der Waals surface area contributed by atoms with Gasteiger partial charge in [0.2, 0.25) is 0 Å². The Bertz CT molecular complexity index is 832. The van der Waals surface area contributed by atoms with Gasteiger partial charge in [0.1, 0.15) is 0 Å². The first-order valence-corrected chi connectivity index (χ1v) is 9.30. The highest BCUT2D eigenvalue weighted by Crippen LogP contribution is 2.33. The highest BCUT2D eigenvalue weighted by atomic mass is 15.2. The van der Waals surface area contributed by atoms with Crippen LogP contribution in [0, 0.1) is 5.92 Å². The third-order valence-electron chi connectivity index (χ3n) is 5.38. The Balaban J connectivity index is 1.50. The lowest BCUT2D eigenvalue weighted by atomic mass is 9.89. The first kappa shape index (κ1) is 17.0. The first-order chi connectivity index (χ1) is 12.8. The second kappa shape index (κ2) is 7.81. The van der Waals surface area contributed by atoms with Crippen molar-refractivity contribution in [3.8, 4) is 11.1 Å². The van der Waals surface area contributed by atoms with E-state index < -0.39 is 0 Å². The van der Waals surface area contributed by atoms with Crippen molar-refractivity contribution in [2.45, 2.75) is 12.5 Å². The summed E-state index contributed by atoms with van der Waals surface area (Å²) in [6.07, 6.45) is 3.74. The largest absolute Gasteiger partial charge is 0.330 e. The minimum Gasteiger partial charge on any atom is -0.330 e. The summed E-state index contributed by atoms with van der Waals surface area (Å²) in [7, 11) is 0. The predicted octanol–water partition coefficient (Wildman–Crippen LogP) is 3.92. The van der Waals surface area contributed by atoms with E-state index in [0.717, 1.165) is 31.7 Å². The fourth-order valence-electron chi connectivity index (χ4n) is 4.05. The molecule has 0 radical (unpaired) electrons.